The van der Waals surface area contributed by atoms with Gasteiger partial charge >= 0.3 is 0 Å². The maximum atomic E-state index is 13.8. The highest BCUT2D eigenvalue weighted by molar-refractivity contribution is 5.79. The van der Waals surface area contributed by atoms with Crippen molar-refractivity contribution in [3.63, 3.8) is 0 Å². The van der Waals surface area contributed by atoms with E-state index in [2.05, 4.69) is 27.0 Å². The van der Waals surface area contributed by atoms with Gasteiger partial charge in [-0.05, 0) is 73.8 Å². The Morgan fingerprint density at radius 2 is 1.40 bits per heavy atom. The summed E-state index contributed by atoms with van der Waals surface area (Å²) in [5, 5.41) is 42.5. The molecule has 0 amide bonds. The van der Waals surface area contributed by atoms with Crippen LogP contribution in [0, 0.1) is 17.8 Å². The van der Waals surface area contributed by atoms with Crippen molar-refractivity contribution in [1.82, 2.24) is 0 Å². The first-order valence-corrected chi connectivity index (χ1v) is 19.9. The molecule has 18 atom stereocenters. The third-order valence-corrected chi connectivity index (χ3v) is 13.3. The summed E-state index contributed by atoms with van der Waals surface area (Å²) in [6, 6.07) is 0. The molecule has 7 heterocycles. The molecule has 7 fully saturated rings. The lowest BCUT2D eigenvalue weighted by molar-refractivity contribution is -0.259. The highest BCUT2D eigenvalue weighted by Gasteiger charge is 2.57. The summed E-state index contributed by atoms with van der Waals surface area (Å²) in [5.41, 5.74) is 2.04. The zero-order chi connectivity index (χ0) is 36.8. The number of Topliss-reactive ketones (excluding diaryl/α,β-unsaturated/α-hetero) is 2. The highest BCUT2D eigenvalue weighted by Crippen LogP contribution is 2.44. The minimum Gasteiger partial charge on any atom is -0.394 e. The van der Waals surface area contributed by atoms with Gasteiger partial charge in [0.2, 0.25) is 0 Å². The molecular formula is C40H60O12. The lowest BCUT2D eigenvalue weighted by atomic mass is 9.79. The van der Waals surface area contributed by atoms with Gasteiger partial charge in [-0.25, -0.2) is 0 Å². The summed E-state index contributed by atoms with van der Waals surface area (Å²) >= 11 is 0. The van der Waals surface area contributed by atoms with Crippen molar-refractivity contribution in [2.45, 2.75) is 189 Å². The monoisotopic (exact) mass is 732 g/mol. The Morgan fingerprint density at radius 1 is 0.692 bits per heavy atom. The van der Waals surface area contributed by atoms with Gasteiger partial charge in [0.05, 0.1) is 67.6 Å². The van der Waals surface area contributed by atoms with Crippen LogP contribution in [0.25, 0.3) is 0 Å². The molecular weight excluding hydrogens is 672 g/mol. The zero-order valence-electron chi connectivity index (χ0n) is 30.8. The lowest BCUT2D eigenvalue weighted by Crippen LogP contribution is -2.61. The molecule has 2 unspecified atom stereocenters. The Balaban J connectivity index is 1.10. The van der Waals surface area contributed by atoms with E-state index >= 15 is 0 Å². The van der Waals surface area contributed by atoms with Crippen molar-refractivity contribution >= 4 is 11.6 Å². The summed E-state index contributed by atoms with van der Waals surface area (Å²) in [4.78, 5) is 26.9. The van der Waals surface area contributed by atoms with E-state index in [0.717, 1.165) is 30.4 Å². The van der Waals surface area contributed by atoms with Crippen LogP contribution in [-0.2, 0) is 38.0 Å². The quantitative estimate of drug-likeness (QED) is 0.314. The lowest BCUT2D eigenvalue weighted by Gasteiger charge is -2.46. The van der Waals surface area contributed by atoms with E-state index in [1.54, 1.807) is 0 Å². The number of hydrogen-bond donors (Lipinski definition) is 4. The number of rotatable bonds is 3. The van der Waals surface area contributed by atoms with Crippen molar-refractivity contribution in [3.8, 4) is 0 Å². The van der Waals surface area contributed by atoms with Crippen LogP contribution in [0.5, 0.6) is 0 Å². The normalized spacial score (nSPS) is 48.4. The van der Waals surface area contributed by atoms with Crippen LogP contribution in [0.2, 0.25) is 0 Å². The van der Waals surface area contributed by atoms with Crippen LogP contribution < -0.4 is 0 Å². The standard InChI is InChI=1S/C40H60O12/c1-19-11-27-7-9-30-20(2)12-26(47-30)6-5-23(42)15-35-36(45)39-40(52-35)37(46)38-31(51-39)10-8-28(49-38)13-24(43)14-29-22(4)32(16-25(44)18-41)50-34(29)17-33(48-27)21(19)3/h19,22,25-41,44-46H,2-3,5-18H2,1,4H3/t19-,22-,25+,26+,27+,28?,29-,30?,31+,32-,33-,34+,35-,36+,37+,38+,39+,40+/m1/s1. The fourth-order valence-electron chi connectivity index (χ4n) is 10.1. The van der Waals surface area contributed by atoms with Crippen LogP contribution in [-0.4, -0.2) is 130 Å². The molecule has 7 saturated heterocycles. The molecule has 8 bridgehead atoms. The fraction of sp³-hybridized carbons (Fsp3) is 0.850. The predicted molar refractivity (Wildman–Crippen MR) is 187 cm³/mol. The smallest absolute Gasteiger partial charge is 0.135 e. The minimum absolute atomic E-state index is 0.00785. The largest absolute Gasteiger partial charge is 0.394 e. The SMILES string of the molecule is C=C1C[C@@H]2CCC(=O)C[C@H]3O[C@H]4[C@@H](O)[C@H]5OC(CC[C@@H]5O[C@H]4[C@H]3O)CC(=O)C[C@@H]3[C@@H](C)[C@@H](C[C@H](O)CO)O[C@H]3C[C@H]3O[C@@H](CCC1O2)C[C@@H](C)C3=C. The number of fused-ring (bicyclic) bond motifs is 7. The molecule has 4 N–H and O–H groups in total. The molecule has 0 saturated carbocycles. The van der Waals surface area contributed by atoms with Gasteiger partial charge in [-0.15, -0.1) is 0 Å². The molecule has 7 aliphatic heterocycles. The molecule has 292 valence electrons. The Bertz CT molecular complexity index is 1320. The van der Waals surface area contributed by atoms with Crippen molar-refractivity contribution in [2.24, 2.45) is 17.8 Å². The number of hydrogen-bond acceptors (Lipinski definition) is 12. The van der Waals surface area contributed by atoms with Crippen molar-refractivity contribution in [3.05, 3.63) is 24.3 Å². The van der Waals surface area contributed by atoms with Crippen molar-refractivity contribution in [1.29, 1.82) is 0 Å². The van der Waals surface area contributed by atoms with Crippen LogP contribution in [0.15, 0.2) is 24.3 Å². The first kappa shape index (κ1) is 38.7. The predicted octanol–water partition coefficient (Wildman–Crippen LogP) is 2.89. The van der Waals surface area contributed by atoms with Gasteiger partial charge in [0.15, 0.2) is 0 Å². The molecule has 12 nitrogen and oxygen atoms in total. The first-order chi connectivity index (χ1) is 24.9. The van der Waals surface area contributed by atoms with E-state index in [1.165, 1.54) is 0 Å². The van der Waals surface area contributed by atoms with E-state index < -0.39 is 54.9 Å². The highest BCUT2D eigenvalue weighted by atomic mass is 16.6. The molecule has 52 heavy (non-hydrogen) atoms. The van der Waals surface area contributed by atoms with E-state index in [0.29, 0.717) is 32.1 Å². The average molecular weight is 733 g/mol. The Labute approximate surface area is 307 Å². The van der Waals surface area contributed by atoms with Crippen LogP contribution in [0.4, 0.5) is 0 Å². The number of carbonyl (C=O) groups excluding carboxylic acids is 2. The maximum absolute atomic E-state index is 13.8. The maximum Gasteiger partial charge on any atom is 0.135 e. The van der Waals surface area contributed by atoms with E-state index in [-0.39, 0.29) is 105 Å². The Kier molecular flexibility index (Phi) is 12.1. The van der Waals surface area contributed by atoms with Gasteiger partial charge in [0.25, 0.3) is 0 Å². The van der Waals surface area contributed by atoms with Gasteiger partial charge in [-0.2, -0.15) is 0 Å². The number of aliphatic hydroxyl groups excluding tert-OH is 4. The topological polar surface area (TPSA) is 170 Å². The third-order valence-electron chi connectivity index (χ3n) is 13.3. The average Bonchev–Trinajstić information content (AvgIpc) is 3.73. The summed E-state index contributed by atoms with van der Waals surface area (Å²) < 4.78 is 38.4. The number of aliphatic hydroxyl groups is 4. The van der Waals surface area contributed by atoms with Crippen LogP contribution in [0.1, 0.15) is 97.3 Å². The second kappa shape index (κ2) is 16.3. The molecule has 0 aromatic carbocycles. The summed E-state index contributed by atoms with van der Waals surface area (Å²) in [5.74, 6) is 0.0495. The van der Waals surface area contributed by atoms with Crippen LogP contribution in [0.3, 0.4) is 0 Å². The molecule has 0 spiro atoms. The van der Waals surface area contributed by atoms with E-state index in [4.69, 9.17) is 28.4 Å². The van der Waals surface area contributed by atoms with Crippen LogP contribution >= 0.6 is 0 Å². The fourth-order valence-corrected chi connectivity index (χ4v) is 10.1. The second-order valence-electron chi connectivity index (χ2n) is 17.0. The second-order valence-corrected chi connectivity index (χ2v) is 17.0. The molecule has 12 heteroatoms. The molecule has 7 aliphatic rings. The van der Waals surface area contributed by atoms with Gasteiger partial charge < -0.3 is 48.8 Å². The molecule has 7 rings (SSSR count). The van der Waals surface area contributed by atoms with E-state index in [9.17, 15) is 30.0 Å². The Morgan fingerprint density at radius 3 is 2.19 bits per heavy atom. The molecule has 0 aromatic rings. The Hall–Kier alpha value is -1.58. The zero-order valence-corrected chi connectivity index (χ0v) is 30.8. The van der Waals surface area contributed by atoms with Gasteiger partial charge in [-0.1, -0.05) is 27.0 Å². The van der Waals surface area contributed by atoms with Gasteiger partial charge in [-0.3, -0.25) is 9.59 Å². The van der Waals surface area contributed by atoms with Gasteiger partial charge in [0, 0.05) is 38.5 Å². The minimum atomic E-state index is -1.08. The van der Waals surface area contributed by atoms with Crippen molar-refractivity contribution in [2.75, 3.05) is 6.61 Å². The summed E-state index contributed by atoms with van der Waals surface area (Å²) in [6.45, 7) is 12.6. The van der Waals surface area contributed by atoms with E-state index in [1.807, 2.05) is 0 Å². The molecule has 0 aliphatic carbocycles. The third kappa shape index (κ3) is 8.17. The van der Waals surface area contributed by atoms with Crippen molar-refractivity contribution < 1.29 is 58.4 Å². The molecule has 0 aromatic heterocycles. The number of ketones is 2. The first-order valence-electron chi connectivity index (χ1n) is 19.9. The number of ether oxygens (including phenoxy) is 6. The van der Waals surface area contributed by atoms with Gasteiger partial charge in [0.1, 0.15) is 42.1 Å². The molecule has 0 radical (unpaired) electrons. The summed E-state index contributed by atoms with van der Waals surface area (Å²) in [7, 11) is 0. The summed E-state index contributed by atoms with van der Waals surface area (Å²) in [6.07, 6.45) is -1.85. The number of carbonyl (C=O) groups is 2.